The molecular formula is C33H47F3N4O5. The third-order valence-corrected chi connectivity index (χ3v) is 9.83. The van der Waals surface area contributed by atoms with E-state index in [1.807, 2.05) is 7.05 Å². The molecule has 3 aliphatic rings. The molecule has 2 saturated carbocycles. The second kappa shape index (κ2) is 15.1. The van der Waals surface area contributed by atoms with Gasteiger partial charge in [-0.25, -0.2) is 4.39 Å². The van der Waals surface area contributed by atoms with Crippen molar-refractivity contribution in [3.05, 3.63) is 29.6 Å². The summed E-state index contributed by atoms with van der Waals surface area (Å²) in [6.45, 7) is 4.12. The Hall–Kier alpha value is -2.99. The van der Waals surface area contributed by atoms with Crippen LogP contribution in [0, 0.1) is 17.7 Å². The molecule has 250 valence electrons. The van der Waals surface area contributed by atoms with E-state index in [1.54, 1.807) is 17.9 Å². The normalized spacial score (nSPS) is 20.8. The zero-order valence-corrected chi connectivity index (χ0v) is 26.4. The van der Waals surface area contributed by atoms with Gasteiger partial charge in [0.1, 0.15) is 17.5 Å². The Morgan fingerprint density at radius 3 is 2.27 bits per heavy atom. The molecule has 3 N–H and O–H groups in total. The third-order valence-electron chi connectivity index (χ3n) is 9.83. The fraction of sp³-hybridized carbons (Fsp3) is 0.697. The molecule has 9 nitrogen and oxygen atoms in total. The van der Waals surface area contributed by atoms with E-state index in [2.05, 4.69) is 15.5 Å². The average molecular weight is 637 g/mol. The van der Waals surface area contributed by atoms with E-state index in [-0.39, 0.29) is 49.1 Å². The van der Waals surface area contributed by atoms with E-state index in [1.165, 1.54) is 12.1 Å². The van der Waals surface area contributed by atoms with Crippen molar-refractivity contribution in [3.63, 3.8) is 0 Å². The van der Waals surface area contributed by atoms with Crippen LogP contribution in [0.25, 0.3) is 0 Å². The highest BCUT2D eigenvalue weighted by Crippen LogP contribution is 2.44. The maximum absolute atomic E-state index is 15.4. The Bertz CT molecular complexity index is 1220. The van der Waals surface area contributed by atoms with Gasteiger partial charge in [0.15, 0.2) is 0 Å². The number of benzene rings is 1. The van der Waals surface area contributed by atoms with E-state index >= 15 is 13.2 Å². The van der Waals surface area contributed by atoms with Gasteiger partial charge in [0.05, 0.1) is 5.69 Å². The van der Waals surface area contributed by atoms with Crippen LogP contribution in [0.2, 0.25) is 0 Å². The van der Waals surface area contributed by atoms with Crippen molar-refractivity contribution in [1.82, 2.24) is 15.1 Å². The highest BCUT2D eigenvalue weighted by molar-refractivity contribution is 5.97. The molecule has 1 aliphatic heterocycles. The molecule has 12 heteroatoms. The van der Waals surface area contributed by atoms with Crippen LogP contribution in [0.3, 0.4) is 0 Å². The van der Waals surface area contributed by atoms with Gasteiger partial charge in [-0.05, 0) is 56.3 Å². The zero-order valence-electron chi connectivity index (χ0n) is 26.4. The van der Waals surface area contributed by atoms with Crippen LogP contribution in [0.5, 0.6) is 0 Å². The van der Waals surface area contributed by atoms with Crippen molar-refractivity contribution < 1.29 is 37.5 Å². The predicted octanol–water partition coefficient (Wildman–Crippen LogP) is 4.07. The molecular weight excluding hydrogens is 589 g/mol. The van der Waals surface area contributed by atoms with Gasteiger partial charge >= 0.3 is 5.92 Å². The average Bonchev–Trinajstić information content (AvgIpc) is 3.49. The zero-order chi connectivity index (χ0) is 32.8. The smallest absolute Gasteiger partial charge is 0.333 e. The number of carbonyl (C=O) groups is 4. The van der Waals surface area contributed by atoms with E-state index < -0.39 is 47.4 Å². The van der Waals surface area contributed by atoms with Gasteiger partial charge < -0.3 is 25.5 Å². The molecule has 2 aliphatic carbocycles. The number of piperazine rings is 1. The maximum Gasteiger partial charge on any atom is 0.333 e. The molecule has 1 heterocycles. The maximum atomic E-state index is 15.4. The summed E-state index contributed by atoms with van der Waals surface area (Å²) in [4.78, 5) is 55.7. The molecule has 3 fully saturated rings. The number of hydrogen-bond acceptors (Lipinski definition) is 6. The van der Waals surface area contributed by atoms with Gasteiger partial charge in [0.25, 0.3) is 0 Å². The summed E-state index contributed by atoms with van der Waals surface area (Å²) in [6.07, 6.45) is 3.67. The Balaban J connectivity index is 1.48. The van der Waals surface area contributed by atoms with Crippen LogP contribution in [0.1, 0.15) is 83.1 Å². The summed E-state index contributed by atoms with van der Waals surface area (Å²) in [5, 5.41) is 15.8. The van der Waals surface area contributed by atoms with E-state index in [0.717, 1.165) is 19.3 Å². The van der Waals surface area contributed by atoms with E-state index in [0.29, 0.717) is 57.4 Å². The van der Waals surface area contributed by atoms with Crippen molar-refractivity contribution in [3.8, 4) is 0 Å². The van der Waals surface area contributed by atoms with Crippen LogP contribution in [0.4, 0.5) is 18.9 Å². The lowest BCUT2D eigenvalue weighted by Gasteiger charge is -2.35. The Morgan fingerprint density at radius 1 is 1.02 bits per heavy atom. The van der Waals surface area contributed by atoms with Gasteiger partial charge in [0.2, 0.25) is 23.5 Å². The SMILES string of the molecule is CCC(=O)N[C@H](Cc1ccc(NC(=O)[C@@H](CC(=O)C(F)(F)C2(O)CCCC2)C2CCCCC2)c(F)c1)C(=O)N1CCN(C)CC1. The van der Waals surface area contributed by atoms with Gasteiger partial charge in [-0.1, -0.05) is 45.1 Å². The Morgan fingerprint density at radius 2 is 1.67 bits per heavy atom. The number of Topliss-reactive ketones (excluding diaryl/α,β-unsaturated/α-hetero) is 1. The van der Waals surface area contributed by atoms with Gasteiger partial charge in [-0.3, -0.25) is 19.2 Å². The number of likely N-dealkylation sites (N-methyl/N-ethyl adjacent to an activating group) is 1. The number of carbonyl (C=O) groups excluding carboxylic acids is 4. The number of halogens is 3. The topological polar surface area (TPSA) is 119 Å². The lowest BCUT2D eigenvalue weighted by molar-refractivity contribution is -0.190. The van der Waals surface area contributed by atoms with Crippen LogP contribution in [-0.2, 0) is 25.6 Å². The summed E-state index contributed by atoms with van der Waals surface area (Å²) < 4.78 is 45.7. The first-order valence-corrected chi connectivity index (χ1v) is 16.3. The minimum absolute atomic E-state index is 0.0409. The van der Waals surface area contributed by atoms with Crippen molar-refractivity contribution in [2.24, 2.45) is 11.8 Å². The van der Waals surface area contributed by atoms with Gasteiger partial charge in [0, 0.05) is 51.4 Å². The lowest BCUT2D eigenvalue weighted by Crippen LogP contribution is -2.54. The highest BCUT2D eigenvalue weighted by Gasteiger charge is 2.59. The molecule has 0 spiro atoms. The number of anilines is 1. The Labute approximate surface area is 263 Å². The summed E-state index contributed by atoms with van der Waals surface area (Å²) in [5.74, 6) is -8.90. The lowest BCUT2D eigenvalue weighted by atomic mass is 9.75. The third kappa shape index (κ3) is 8.44. The molecule has 0 radical (unpaired) electrons. The largest absolute Gasteiger partial charge is 0.383 e. The van der Waals surface area contributed by atoms with Crippen molar-refractivity contribution in [2.45, 2.75) is 102 Å². The molecule has 0 unspecified atom stereocenters. The van der Waals surface area contributed by atoms with Crippen molar-refractivity contribution in [2.75, 3.05) is 38.5 Å². The second-order valence-corrected chi connectivity index (χ2v) is 13.1. The summed E-state index contributed by atoms with van der Waals surface area (Å²) in [6, 6.07) is 3.18. The first-order valence-electron chi connectivity index (χ1n) is 16.3. The standard InChI is InChI=1S/C33H47F3N4O5/c1-3-29(42)37-27(31(44)40-17-15-39(2)16-18-40)20-22-11-12-26(25(34)19-22)38-30(43)24(23-9-5-4-6-10-23)21-28(41)33(35,36)32(45)13-7-8-14-32/h11-12,19,23-24,27,45H,3-10,13-18,20-21H2,1-2H3,(H,37,42)(H,38,43)/t24-,27+/m0/s1. The summed E-state index contributed by atoms with van der Waals surface area (Å²) >= 11 is 0. The monoisotopic (exact) mass is 636 g/mol. The van der Waals surface area contributed by atoms with Gasteiger partial charge in [-0.2, -0.15) is 8.78 Å². The van der Waals surface area contributed by atoms with Gasteiger partial charge in [-0.15, -0.1) is 0 Å². The Kier molecular flexibility index (Phi) is 11.7. The molecule has 1 saturated heterocycles. The van der Waals surface area contributed by atoms with Crippen LogP contribution in [0.15, 0.2) is 18.2 Å². The first-order chi connectivity index (χ1) is 21.3. The molecule has 0 aromatic heterocycles. The number of alkyl halides is 2. The summed E-state index contributed by atoms with van der Waals surface area (Å²) in [5.41, 5.74) is -2.14. The number of aliphatic hydroxyl groups is 1. The molecule has 3 amide bonds. The number of rotatable bonds is 12. The summed E-state index contributed by atoms with van der Waals surface area (Å²) in [7, 11) is 1.96. The number of ketones is 1. The molecule has 1 aromatic carbocycles. The molecule has 1 aromatic rings. The quantitative estimate of drug-likeness (QED) is 0.319. The first kappa shape index (κ1) is 34.9. The number of hydrogen-bond donors (Lipinski definition) is 3. The predicted molar refractivity (Wildman–Crippen MR) is 163 cm³/mol. The number of nitrogens with zero attached hydrogens (tertiary/aromatic N) is 2. The molecule has 45 heavy (non-hydrogen) atoms. The van der Waals surface area contributed by atoms with Crippen LogP contribution in [-0.4, -0.2) is 89.2 Å². The minimum atomic E-state index is -3.98. The number of amides is 3. The fourth-order valence-corrected chi connectivity index (χ4v) is 6.86. The molecule has 0 bridgehead atoms. The van der Waals surface area contributed by atoms with Crippen molar-refractivity contribution >= 4 is 29.2 Å². The van der Waals surface area contributed by atoms with E-state index in [4.69, 9.17) is 0 Å². The van der Waals surface area contributed by atoms with Crippen molar-refractivity contribution in [1.29, 1.82) is 0 Å². The fourth-order valence-electron chi connectivity index (χ4n) is 6.86. The number of nitrogens with one attached hydrogen (secondary N) is 2. The highest BCUT2D eigenvalue weighted by atomic mass is 19.3. The molecule has 2 atom stereocenters. The van der Waals surface area contributed by atoms with E-state index in [9.17, 15) is 24.3 Å². The molecule has 4 rings (SSSR count). The minimum Gasteiger partial charge on any atom is -0.383 e. The van der Waals surface area contributed by atoms with Crippen LogP contribution < -0.4 is 10.6 Å². The second-order valence-electron chi connectivity index (χ2n) is 13.1. The van der Waals surface area contributed by atoms with Crippen LogP contribution >= 0.6 is 0 Å².